The van der Waals surface area contributed by atoms with E-state index >= 15 is 0 Å². The van der Waals surface area contributed by atoms with Crippen molar-refractivity contribution >= 4 is 17.5 Å². The molecular weight excluding hydrogens is 398 g/mol. The van der Waals surface area contributed by atoms with E-state index in [9.17, 15) is 9.59 Å². The first kappa shape index (κ1) is 19.5. The minimum atomic E-state index is -0.120. The molecule has 0 bridgehead atoms. The predicted molar refractivity (Wildman–Crippen MR) is 114 cm³/mol. The topological polar surface area (TPSA) is 71.6 Å². The largest absolute Gasteiger partial charge is 0.497 e. The van der Waals surface area contributed by atoms with Crippen molar-refractivity contribution in [2.24, 2.45) is 5.92 Å². The van der Waals surface area contributed by atoms with Crippen LogP contribution in [-0.4, -0.2) is 74.8 Å². The van der Waals surface area contributed by atoms with Crippen LogP contribution in [0, 0.1) is 5.92 Å². The van der Waals surface area contributed by atoms with E-state index in [4.69, 9.17) is 14.2 Å². The SMILES string of the molecule is COc1ccc(N2CCN(C(=O)C3CN(C(=O)c4ccc5c(c4)OCO5)C3)CC2)cc1. The number of carbonyl (C=O) groups excluding carboxylic acids is 2. The van der Waals surface area contributed by atoms with E-state index < -0.39 is 0 Å². The summed E-state index contributed by atoms with van der Waals surface area (Å²) in [6.07, 6.45) is 0. The molecule has 0 aromatic heterocycles. The Morgan fingerprint density at radius 3 is 2.32 bits per heavy atom. The summed E-state index contributed by atoms with van der Waals surface area (Å²) in [4.78, 5) is 31.5. The van der Waals surface area contributed by atoms with Crippen molar-refractivity contribution in [3.8, 4) is 17.2 Å². The van der Waals surface area contributed by atoms with Crippen LogP contribution in [0.5, 0.6) is 17.2 Å². The van der Waals surface area contributed by atoms with Crippen molar-refractivity contribution in [3.63, 3.8) is 0 Å². The lowest BCUT2D eigenvalue weighted by Crippen LogP contribution is -2.59. The normalized spacial score (nSPS) is 18.0. The molecule has 2 aromatic rings. The van der Waals surface area contributed by atoms with Crippen LogP contribution in [0.1, 0.15) is 10.4 Å². The van der Waals surface area contributed by atoms with E-state index in [0.29, 0.717) is 43.2 Å². The molecule has 0 spiro atoms. The zero-order chi connectivity index (χ0) is 21.4. The van der Waals surface area contributed by atoms with Gasteiger partial charge in [0.05, 0.1) is 13.0 Å². The highest BCUT2D eigenvalue weighted by Crippen LogP contribution is 2.33. The summed E-state index contributed by atoms with van der Waals surface area (Å²) < 4.78 is 15.8. The molecule has 0 aliphatic carbocycles. The summed E-state index contributed by atoms with van der Waals surface area (Å²) in [5, 5.41) is 0. The van der Waals surface area contributed by atoms with Crippen molar-refractivity contribution in [1.29, 1.82) is 0 Å². The van der Waals surface area contributed by atoms with Crippen LogP contribution < -0.4 is 19.1 Å². The summed E-state index contributed by atoms with van der Waals surface area (Å²) in [5.41, 5.74) is 1.69. The second kappa shape index (κ2) is 8.02. The summed E-state index contributed by atoms with van der Waals surface area (Å²) >= 11 is 0. The Kier molecular flexibility index (Phi) is 5.05. The maximum absolute atomic E-state index is 12.9. The van der Waals surface area contributed by atoms with E-state index in [-0.39, 0.29) is 24.5 Å². The van der Waals surface area contributed by atoms with E-state index in [2.05, 4.69) is 4.90 Å². The molecule has 162 valence electrons. The lowest BCUT2D eigenvalue weighted by atomic mass is 9.96. The second-order valence-electron chi connectivity index (χ2n) is 7.99. The number of carbonyl (C=O) groups is 2. The third-order valence-electron chi connectivity index (χ3n) is 6.17. The van der Waals surface area contributed by atoms with Gasteiger partial charge in [-0.05, 0) is 42.5 Å². The number of rotatable bonds is 4. The Balaban J connectivity index is 1.12. The molecule has 3 aliphatic rings. The maximum atomic E-state index is 12.9. The highest BCUT2D eigenvalue weighted by molar-refractivity contribution is 5.96. The predicted octanol–water partition coefficient (Wildman–Crippen LogP) is 1.84. The van der Waals surface area contributed by atoms with Crippen molar-refractivity contribution in [1.82, 2.24) is 9.80 Å². The van der Waals surface area contributed by atoms with Crippen LogP contribution in [0.15, 0.2) is 42.5 Å². The van der Waals surface area contributed by atoms with Crippen LogP contribution in [0.4, 0.5) is 5.69 Å². The Morgan fingerprint density at radius 2 is 1.61 bits per heavy atom. The molecule has 0 radical (unpaired) electrons. The molecule has 0 unspecified atom stereocenters. The number of amides is 2. The molecule has 3 aliphatic heterocycles. The number of nitrogens with zero attached hydrogens (tertiary/aromatic N) is 3. The van der Waals surface area contributed by atoms with E-state index in [0.717, 1.165) is 24.5 Å². The average molecular weight is 423 g/mol. The zero-order valence-electron chi connectivity index (χ0n) is 17.5. The fourth-order valence-electron chi connectivity index (χ4n) is 4.25. The molecule has 2 aromatic carbocycles. The summed E-state index contributed by atoms with van der Waals surface area (Å²) in [5.74, 6) is 2.03. The quantitative estimate of drug-likeness (QED) is 0.748. The fourth-order valence-corrected chi connectivity index (χ4v) is 4.25. The average Bonchev–Trinajstić information content (AvgIpc) is 3.26. The van der Waals surface area contributed by atoms with Gasteiger partial charge in [0.1, 0.15) is 5.75 Å². The van der Waals surface area contributed by atoms with Crippen molar-refractivity contribution < 1.29 is 23.8 Å². The van der Waals surface area contributed by atoms with Crippen molar-refractivity contribution in [2.45, 2.75) is 0 Å². The van der Waals surface area contributed by atoms with Crippen LogP contribution in [-0.2, 0) is 4.79 Å². The highest BCUT2D eigenvalue weighted by atomic mass is 16.7. The molecule has 3 heterocycles. The first-order chi connectivity index (χ1) is 15.1. The molecule has 0 N–H and O–H groups in total. The number of piperazine rings is 1. The number of ether oxygens (including phenoxy) is 3. The molecule has 0 atom stereocenters. The van der Waals surface area contributed by atoms with Gasteiger partial charge in [-0.3, -0.25) is 9.59 Å². The van der Waals surface area contributed by atoms with Gasteiger partial charge in [-0.15, -0.1) is 0 Å². The summed E-state index contributed by atoms with van der Waals surface area (Å²) in [6, 6.07) is 13.2. The third kappa shape index (κ3) is 3.73. The Bertz CT molecular complexity index is 979. The Morgan fingerprint density at radius 1 is 0.903 bits per heavy atom. The van der Waals surface area contributed by atoms with Gasteiger partial charge in [-0.1, -0.05) is 0 Å². The zero-order valence-corrected chi connectivity index (χ0v) is 17.5. The lowest BCUT2D eigenvalue weighted by Gasteiger charge is -2.43. The lowest BCUT2D eigenvalue weighted by molar-refractivity contribution is -0.140. The molecule has 8 heteroatoms. The van der Waals surface area contributed by atoms with Crippen LogP contribution in [0.2, 0.25) is 0 Å². The number of hydrogen-bond donors (Lipinski definition) is 0. The van der Waals surface area contributed by atoms with Gasteiger partial charge in [-0.2, -0.15) is 0 Å². The molecule has 2 fully saturated rings. The van der Waals surface area contributed by atoms with Crippen LogP contribution in [0.25, 0.3) is 0 Å². The van der Waals surface area contributed by atoms with E-state index in [1.165, 1.54) is 0 Å². The summed E-state index contributed by atoms with van der Waals surface area (Å²) in [7, 11) is 1.66. The van der Waals surface area contributed by atoms with Gasteiger partial charge in [0, 0.05) is 50.5 Å². The standard InChI is InChI=1S/C23H25N3O5/c1-29-19-5-3-18(4-6-19)24-8-10-25(11-9-24)23(28)17-13-26(14-17)22(27)16-2-7-20-21(12-16)31-15-30-20/h2-7,12,17H,8-11,13-15H2,1H3. The molecule has 31 heavy (non-hydrogen) atoms. The minimum absolute atomic E-state index is 0.0772. The van der Waals surface area contributed by atoms with Gasteiger partial charge in [0.25, 0.3) is 5.91 Å². The van der Waals surface area contributed by atoms with Crippen molar-refractivity contribution in [3.05, 3.63) is 48.0 Å². The van der Waals surface area contributed by atoms with Gasteiger partial charge < -0.3 is 28.9 Å². The maximum Gasteiger partial charge on any atom is 0.254 e. The molecule has 0 saturated carbocycles. The van der Waals surface area contributed by atoms with Crippen LogP contribution >= 0.6 is 0 Å². The molecule has 5 rings (SSSR count). The summed E-state index contributed by atoms with van der Waals surface area (Å²) in [6.45, 7) is 4.08. The minimum Gasteiger partial charge on any atom is -0.497 e. The van der Waals surface area contributed by atoms with Gasteiger partial charge >= 0.3 is 0 Å². The van der Waals surface area contributed by atoms with Gasteiger partial charge in [-0.25, -0.2) is 0 Å². The number of benzene rings is 2. The van der Waals surface area contributed by atoms with Crippen molar-refractivity contribution in [2.75, 3.05) is 58.1 Å². The van der Waals surface area contributed by atoms with Gasteiger partial charge in [0.15, 0.2) is 11.5 Å². The monoisotopic (exact) mass is 423 g/mol. The van der Waals surface area contributed by atoms with Gasteiger partial charge in [0.2, 0.25) is 12.7 Å². The smallest absolute Gasteiger partial charge is 0.254 e. The number of fused-ring (bicyclic) bond motifs is 1. The fraction of sp³-hybridized carbons (Fsp3) is 0.391. The number of methoxy groups -OCH3 is 1. The third-order valence-corrected chi connectivity index (χ3v) is 6.17. The Hall–Kier alpha value is -3.42. The number of anilines is 1. The molecule has 8 nitrogen and oxygen atoms in total. The number of likely N-dealkylation sites (tertiary alicyclic amines) is 1. The van der Waals surface area contributed by atoms with Crippen LogP contribution in [0.3, 0.4) is 0 Å². The first-order valence-corrected chi connectivity index (χ1v) is 10.5. The number of hydrogen-bond acceptors (Lipinski definition) is 6. The first-order valence-electron chi connectivity index (χ1n) is 10.5. The highest BCUT2D eigenvalue weighted by Gasteiger charge is 2.39. The molecule has 2 saturated heterocycles. The van der Waals surface area contributed by atoms with E-state index in [1.54, 1.807) is 30.2 Å². The molecular formula is C23H25N3O5. The Labute approximate surface area is 180 Å². The molecule has 2 amide bonds. The van der Waals surface area contributed by atoms with E-state index in [1.807, 2.05) is 29.2 Å². The second-order valence-corrected chi connectivity index (χ2v) is 7.99.